The third-order valence-corrected chi connectivity index (χ3v) is 7.41. The van der Waals surface area contributed by atoms with Crippen molar-refractivity contribution in [3.63, 3.8) is 0 Å². The maximum Gasteiger partial charge on any atom is 0.299 e. The lowest BCUT2D eigenvalue weighted by molar-refractivity contribution is -0.748. The molecule has 1 aromatic carbocycles. The molecule has 2 fully saturated rings. The lowest BCUT2D eigenvalue weighted by Crippen LogP contribution is -2.45. The minimum atomic E-state index is 0.301. The average molecular weight is 433 g/mol. The van der Waals surface area contributed by atoms with Crippen LogP contribution in [0.3, 0.4) is 0 Å². The standard InChI is InChI=1S/C23H33N3O3S/c1-27-20-13-18-19(14-21(20)28-2)25-23(30-15-17-11-7-8-12-29-17)26(22(18)24)16-9-5-3-4-6-10-16/h13-14,16-17,24H,3-12,15H2,1-2H3/p+1/t17-/m0/s1. The lowest BCUT2D eigenvalue weighted by atomic mass is 10.1. The van der Waals surface area contributed by atoms with Crippen molar-refractivity contribution in [1.82, 2.24) is 4.98 Å². The third-order valence-electron chi connectivity index (χ3n) is 6.32. The summed E-state index contributed by atoms with van der Waals surface area (Å²) in [6.45, 7) is 0.873. The van der Waals surface area contributed by atoms with Gasteiger partial charge in [0.05, 0.1) is 31.8 Å². The van der Waals surface area contributed by atoms with Crippen molar-refractivity contribution in [1.29, 1.82) is 0 Å². The predicted molar refractivity (Wildman–Crippen MR) is 121 cm³/mol. The van der Waals surface area contributed by atoms with Crippen molar-refractivity contribution in [2.24, 2.45) is 0 Å². The van der Waals surface area contributed by atoms with Gasteiger partial charge in [-0.2, -0.15) is 0 Å². The summed E-state index contributed by atoms with van der Waals surface area (Å²) in [6, 6.07) is 4.29. The zero-order valence-corrected chi connectivity index (χ0v) is 19.0. The van der Waals surface area contributed by atoms with Gasteiger partial charge < -0.3 is 19.9 Å². The number of hydrogen-bond acceptors (Lipinski definition) is 6. The number of thioether (sulfide) groups is 1. The first-order valence-electron chi connectivity index (χ1n) is 11.2. The van der Waals surface area contributed by atoms with Crippen LogP contribution in [0.1, 0.15) is 63.8 Å². The molecule has 7 heteroatoms. The van der Waals surface area contributed by atoms with Crippen molar-refractivity contribution >= 4 is 28.5 Å². The lowest BCUT2D eigenvalue weighted by Gasteiger charge is -2.23. The number of ether oxygens (including phenoxy) is 3. The van der Waals surface area contributed by atoms with E-state index in [2.05, 4.69) is 4.57 Å². The molecule has 1 aliphatic heterocycles. The van der Waals surface area contributed by atoms with Gasteiger partial charge in [0, 0.05) is 24.5 Å². The fraction of sp³-hybridized carbons (Fsp3) is 0.652. The van der Waals surface area contributed by atoms with E-state index in [1.165, 1.54) is 38.5 Å². The Balaban J connectivity index is 1.75. The van der Waals surface area contributed by atoms with Gasteiger partial charge in [-0.1, -0.05) is 17.8 Å². The molecule has 2 aliphatic rings. The Morgan fingerprint density at radius 2 is 1.73 bits per heavy atom. The highest BCUT2D eigenvalue weighted by Crippen LogP contribution is 2.36. The molecule has 0 bridgehead atoms. The van der Waals surface area contributed by atoms with E-state index in [0.29, 0.717) is 23.6 Å². The van der Waals surface area contributed by atoms with Gasteiger partial charge >= 0.3 is 0 Å². The second-order valence-electron chi connectivity index (χ2n) is 8.32. The fourth-order valence-electron chi connectivity index (χ4n) is 4.63. The molecule has 2 heterocycles. The second-order valence-corrected chi connectivity index (χ2v) is 9.31. The SMILES string of the molecule is COc1cc2nc(SC[C@@H]3CCCCO3)[n+](C3CCCCCC3)c(N)c2cc1OC. The molecule has 1 saturated heterocycles. The molecule has 0 radical (unpaired) electrons. The molecule has 1 saturated carbocycles. The van der Waals surface area contributed by atoms with Gasteiger partial charge in [-0.15, -0.1) is 0 Å². The summed E-state index contributed by atoms with van der Waals surface area (Å²) in [5.74, 6) is 3.05. The normalized spacial score (nSPS) is 20.8. The molecular formula is C23H34N3O3S+. The number of nitrogen functional groups attached to an aromatic ring is 1. The van der Waals surface area contributed by atoms with E-state index in [-0.39, 0.29) is 0 Å². The summed E-state index contributed by atoms with van der Waals surface area (Å²) in [5, 5.41) is 1.92. The number of hydrogen-bond donors (Lipinski definition) is 1. The number of nitrogens with two attached hydrogens (primary N) is 1. The number of fused-ring (bicyclic) bond motifs is 1. The summed E-state index contributed by atoms with van der Waals surface area (Å²) >= 11 is 1.78. The largest absolute Gasteiger partial charge is 0.493 e. The monoisotopic (exact) mass is 432 g/mol. The van der Waals surface area contributed by atoms with Gasteiger partial charge in [0.1, 0.15) is 0 Å². The van der Waals surface area contributed by atoms with Gasteiger partial charge in [0.2, 0.25) is 5.82 Å². The Bertz CT molecular complexity index is 863. The van der Waals surface area contributed by atoms with Crippen LogP contribution in [0.5, 0.6) is 11.5 Å². The van der Waals surface area contributed by atoms with Crippen LogP contribution in [-0.2, 0) is 4.74 Å². The molecular weight excluding hydrogens is 398 g/mol. The highest BCUT2D eigenvalue weighted by Gasteiger charge is 2.29. The fourth-order valence-corrected chi connectivity index (χ4v) is 5.78. The van der Waals surface area contributed by atoms with Gasteiger partial charge in [0.25, 0.3) is 5.16 Å². The molecule has 4 rings (SSSR count). The maximum absolute atomic E-state index is 6.81. The molecule has 2 N–H and O–H groups in total. The van der Waals surface area contributed by atoms with Crippen LogP contribution >= 0.6 is 11.8 Å². The molecule has 164 valence electrons. The smallest absolute Gasteiger partial charge is 0.299 e. The molecule has 30 heavy (non-hydrogen) atoms. The average Bonchev–Trinajstić information content (AvgIpc) is 3.07. The van der Waals surface area contributed by atoms with Crippen LogP contribution in [0.15, 0.2) is 17.3 Å². The Kier molecular flexibility index (Phi) is 7.20. The van der Waals surface area contributed by atoms with Crippen molar-refractivity contribution in [3.8, 4) is 11.5 Å². The van der Waals surface area contributed by atoms with E-state index in [1.54, 1.807) is 26.0 Å². The first kappa shape index (κ1) is 21.5. The first-order chi connectivity index (χ1) is 14.7. The van der Waals surface area contributed by atoms with E-state index in [1.807, 2.05) is 12.1 Å². The van der Waals surface area contributed by atoms with Crippen LogP contribution in [0.4, 0.5) is 5.82 Å². The molecule has 6 nitrogen and oxygen atoms in total. The van der Waals surface area contributed by atoms with Crippen molar-refractivity contribution in [2.45, 2.75) is 75.1 Å². The Hall–Kier alpha value is -1.73. The summed E-state index contributed by atoms with van der Waals surface area (Å²) in [5.41, 5.74) is 7.66. The molecule has 2 aromatic rings. The van der Waals surface area contributed by atoms with Crippen molar-refractivity contribution < 1.29 is 18.8 Å². The zero-order valence-electron chi connectivity index (χ0n) is 18.2. The van der Waals surface area contributed by atoms with E-state index < -0.39 is 0 Å². The number of benzene rings is 1. The van der Waals surface area contributed by atoms with Crippen LogP contribution < -0.4 is 19.8 Å². The predicted octanol–water partition coefficient (Wildman–Crippen LogP) is 4.68. The summed E-state index contributed by atoms with van der Waals surface area (Å²) in [4.78, 5) is 5.07. The molecule has 1 atom stereocenters. The molecule has 1 aliphatic carbocycles. The number of methoxy groups -OCH3 is 2. The van der Waals surface area contributed by atoms with Gasteiger partial charge in [0.15, 0.2) is 17.0 Å². The summed E-state index contributed by atoms with van der Waals surface area (Å²) < 4.78 is 19.3. The molecule has 0 amide bonds. The third kappa shape index (κ3) is 4.62. The second kappa shape index (κ2) is 10.1. The number of rotatable bonds is 6. The minimum Gasteiger partial charge on any atom is -0.493 e. The number of aromatic nitrogens is 2. The van der Waals surface area contributed by atoms with Crippen LogP contribution in [-0.4, -0.2) is 37.7 Å². The maximum atomic E-state index is 6.81. The number of nitrogens with zero attached hydrogens (tertiary/aromatic N) is 2. The van der Waals surface area contributed by atoms with E-state index >= 15 is 0 Å². The highest BCUT2D eigenvalue weighted by atomic mass is 32.2. The Morgan fingerprint density at radius 1 is 1.03 bits per heavy atom. The van der Waals surface area contributed by atoms with Crippen molar-refractivity contribution in [2.75, 3.05) is 32.3 Å². The first-order valence-corrected chi connectivity index (χ1v) is 12.2. The molecule has 0 unspecified atom stereocenters. The van der Waals surface area contributed by atoms with Gasteiger partial charge in [-0.05, 0) is 56.7 Å². The van der Waals surface area contributed by atoms with E-state index in [0.717, 1.165) is 53.5 Å². The van der Waals surface area contributed by atoms with Gasteiger partial charge in [-0.3, -0.25) is 0 Å². The highest BCUT2D eigenvalue weighted by molar-refractivity contribution is 7.99. The Labute approximate surface area is 183 Å². The Morgan fingerprint density at radius 3 is 2.40 bits per heavy atom. The summed E-state index contributed by atoms with van der Waals surface area (Å²) in [7, 11) is 3.30. The van der Waals surface area contributed by atoms with E-state index in [4.69, 9.17) is 24.9 Å². The zero-order chi connectivity index (χ0) is 20.9. The minimum absolute atomic E-state index is 0.301. The summed E-state index contributed by atoms with van der Waals surface area (Å²) in [6.07, 6.45) is 11.3. The number of anilines is 1. The van der Waals surface area contributed by atoms with Gasteiger partial charge in [-0.25, -0.2) is 4.57 Å². The topological polar surface area (TPSA) is 70.5 Å². The van der Waals surface area contributed by atoms with E-state index in [9.17, 15) is 0 Å². The quantitative estimate of drug-likeness (QED) is 0.309. The van der Waals surface area contributed by atoms with Crippen LogP contribution in [0.2, 0.25) is 0 Å². The van der Waals surface area contributed by atoms with Crippen molar-refractivity contribution in [3.05, 3.63) is 12.1 Å². The molecule has 0 spiro atoms. The molecule has 1 aromatic heterocycles. The van der Waals surface area contributed by atoms with Crippen LogP contribution in [0.25, 0.3) is 10.9 Å². The van der Waals surface area contributed by atoms with Crippen LogP contribution in [0, 0.1) is 0 Å².